The molecule has 1 saturated heterocycles. The van der Waals surface area contributed by atoms with Crippen molar-refractivity contribution in [2.24, 2.45) is 11.8 Å². The van der Waals surface area contributed by atoms with Crippen LogP contribution in [0.25, 0.3) is 0 Å². The van der Waals surface area contributed by atoms with Gasteiger partial charge in [-0.25, -0.2) is 0 Å². The average molecular weight is 396 g/mol. The first-order valence-corrected chi connectivity index (χ1v) is 9.95. The lowest BCUT2D eigenvalue weighted by Crippen LogP contribution is -2.50. The SMILES string of the molecule is O=C(CN1C(=O)[C@H]2CC=CC[C@@H]2C1=O)NNC(=O)CN1CCCc2ccccc21. The van der Waals surface area contributed by atoms with E-state index in [1.807, 2.05) is 35.3 Å². The topological polar surface area (TPSA) is 98.8 Å². The summed E-state index contributed by atoms with van der Waals surface area (Å²) in [7, 11) is 0. The van der Waals surface area contributed by atoms with Gasteiger partial charge in [0.2, 0.25) is 11.8 Å². The van der Waals surface area contributed by atoms with E-state index in [4.69, 9.17) is 0 Å². The Labute approximate surface area is 168 Å². The van der Waals surface area contributed by atoms with E-state index in [1.54, 1.807) is 0 Å². The van der Waals surface area contributed by atoms with E-state index >= 15 is 0 Å². The summed E-state index contributed by atoms with van der Waals surface area (Å²) in [5.41, 5.74) is 6.94. The average Bonchev–Trinajstić information content (AvgIpc) is 2.98. The third-order valence-corrected chi connectivity index (χ3v) is 5.78. The molecule has 1 fully saturated rings. The van der Waals surface area contributed by atoms with E-state index in [1.165, 1.54) is 5.56 Å². The summed E-state index contributed by atoms with van der Waals surface area (Å²) in [4.78, 5) is 52.2. The molecule has 1 aromatic rings. The fourth-order valence-corrected chi connectivity index (χ4v) is 4.34. The molecule has 0 saturated carbocycles. The van der Waals surface area contributed by atoms with Crippen LogP contribution in [0, 0.1) is 11.8 Å². The molecule has 0 aromatic heterocycles. The number of aryl methyl sites for hydroxylation is 1. The zero-order valence-electron chi connectivity index (χ0n) is 16.1. The fraction of sp³-hybridized carbons (Fsp3) is 0.429. The molecule has 0 bridgehead atoms. The predicted molar refractivity (Wildman–Crippen MR) is 105 cm³/mol. The summed E-state index contributed by atoms with van der Waals surface area (Å²) in [6.45, 7) is 0.512. The summed E-state index contributed by atoms with van der Waals surface area (Å²) < 4.78 is 0. The highest BCUT2D eigenvalue weighted by atomic mass is 16.2. The van der Waals surface area contributed by atoms with Crippen LogP contribution in [0.4, 0.5) is 5.69 Å². The lowest BCUT2D eigenvalue weighted by molar-refractivity contribution is -0.144. The summed E-state index contributed by atoms with van der Waals surface area (Å²) in [6.07, 6.45) is 6.81. The number of anilines is 1. The van der Waals surface area contributed by atoms with Gasteiger partial charge in [-0.2, -0.15) is 0 Å². The van der Waals surface area contributed by atoms with Gasteiger partial charge in [0.1, 0.15) is 6.54 Å². The van der Waals surface area contributed by atoms with Gasteiger partial charge in [-0.15, -0.1) is 0 Å². The van der Waals surface area contributed by atoms with E-state index in [0.717, 1.165) is 30.0 Å². The molecule has 3 aliphatic rings. The number of hydrogen-bond acceptors (Lipinski definition) is 5. The Bertz CT molecular complexity index is 855. The number of para-hydroxylation sites is 1. The van der Waals surface area contributed by atoms with Crippen molar-refractivity contribution in [2.75, 3.05) is 24.5 Å². The van der Waals surface area contributed by atoms with Gasteiger partial charge < -0.3 is 4.90 Å². The number of allylic oxidation sites excluding steroid dienone is 2. The minimum atomic E-state index is -0.592. The first kappa shape index (κ1) is 19.2. The van der Waals surface area contributed by atoms with Crippen LogP contribution in [0.5, 0.6) is 0 Å². The third kappa shape index (κ3) is 3.87. The van der Waals surface area contributed by atoms with Crippen molar-refractivity contribution in [3.05, 3.63) is 42.0 Å². The molecule has 2 atom stereocenters. The number of fused-ring (bicyclic) bond motifs is 2. The van der Waals surface area contributed by atoms with E-state index in [2.05, 4.69) is 16.9 Å². The van der Waals surface area contributed by atoms with Gasteiger partial charge >= 0.3 is 0 Å². The lowest BCUT2D eigenvalue weighted by Gasteiger charge is -2.30. The first-order chi connectivity index (χ1) is 14.0. The molecule has 1 aliphatic carbocycles. The zero-order valence-corrected chi connectivity index (χ0v) is 16.1. The van der Waals surface area contributed by atoms with Crippen LogP contribution in [0.2, 0.25) is 0 Å². The van der Waals surface area contributed by atoms with Crippen LogP contribution >= 0.6 is 0 Å². The second-order valence-corrected chi connectivity index (χ2v) is 7.67. The maximum Gasteiger partial charge on any atom is 0.258 e. The van der Waals surface area contributed by atoms with Crippen LogP contribution in [0.15, 0.2) is 36.4 Å². The van der Waals surface area contributed by atoms with Crippen molar-refractivity contribution in [2.45, 2.75) is 25.7 Å². The molecule has 8 nitrogen and oxygen atoms in total. The molecule has 8 heteroatoms. The van der Waals surface area contributed by atoms with Gasteiger partial charge in [0.05, 0.1) is 18.4 Å². The van der Waals surface area contributed by atoms with Crippen molar-refractivity contribution < 1.29 is 19.2 Å². The molecule has 0 radical (unpaired) electrons. The number of likely N-dealkylation sites (tertiary alicyclic amines) is 1. The van der Waals surface area contributed by atoms with Gasteiger partial charge in [0, 0.05) is 12.2 Å². The van der Waals surface area contributed by atoms with E-state index < -0.39 is 5.91 Å². The molecule has 2 heterocycles. The smallest absolute Gasteiger partial charge is 0.258 e. The molecule has 2 N–H and O–H groups in total. The van der Waals surface area contributed by atoms with Crippen LogP contribution in [0.3, 0.4) is 0 Å². The Morgan fingerprint density at radius 2 is 1.55 bits per heavy atom. The van der Waals surface area contributed by atoms with Crippen molar-refractivity contribution in [1.29, 1.82) is 0 Å². The lowest BCUT2D eigenvalue weighted by atomic mass is 9.85. The van der Waals surface area contributed by atoms with Crippen molar-refractivity contribution in [3.63, 3.8) is 0 Å². The Kier molecular flexibility index (Phi) is 5.33. The molecular formula is C21H24N4O4. The largest absolute Gasteiger partial charge is 0.362 e. The number of carbonyl (C=O) groups excluding carboxylic acids is 4. The van der Waals surface area contributed by atoms with Gasteiger partial charge in [0.15, 0.2) is 0 Å². The highest BCUT2D eigenvalue weighted by Crippen LogP contribution is 2.34. The van der Waals surface area contributed by atoms with Gasteiger partial charge in [0.25, 0.3) is 11.8 Å². The molecular weight excluding hydrogens is 372 g/mol. The maximum absolute atomic E-state index is 12.4. The number of rotatable bonds is 4. The molecule has 0 spiro atoms. The van der Waals surface area contributed by atoms with Crippen LogP contribution < -0.4 is 15.8 Å². The third-order valence-electron chi connectivity index (χ3n) is 5.78. The molecule has 4 rings (SSSR count). The number of hydrazine groups is 1. The Morgan fingerprint density at radius 1 is 0.931 bits per heavy atom. The van der Waals surface area contributed by atoms with Crippen molar-refractivity contribution in [3.8, 4) is 0 Å². The highest BCUT2D eigenvalue weighted by Gasteiger charge is 2.47. The minimum absolute atomic E-state index is 0.120. The monoisotopic (exact) mass is 396 g/mol. The zero-order chi connectivity index (χ0) is 20.4. The number of imide groups is 1. The fourth-order valence-electron chi connectivity index (χ4n) is 4.34. The summed E-state index contributed by atoms with van der Waals surface area (Å²) in [5.74, 6) is -2.30. The number of benzene rings is 1. The quantitative estimate of drug-likeness (QED) is 0.440. The predicted octanol–water partition coefficient (Wildman–Crippen LogP) is 0.538. The van der Waals surface area contributed by atoms with Crippen molar-refractivity contribution in [1.82, 2.24) is 15.8 Å². The molecule has 152 valence electrons. The van der Waals surface area contributed by atoms with Gasteiger partial charge in [-0.05, 0) is 37.3 Å². The first-order valence-electron chi connectivity index (χ1n) is 9.95. The van der Waals surface area contributed by atoms with E-state index in [0.29, 0.717) is 12.8 Å². The van der Waals surface area contributed by atoms with Crippen LogP contribution in [-0.4, -0.2) is 48.2 Å². The Hall–Kier alpha value is -3.16. The van der Waals surface area contributed by atoms with Gasteiger partial charge in [-0.3, -0.25) is 34.9 Å². The Balaban J connectivity index is 1.28. The Morgan fingerprint density at radius 3 is 2.24 bits per heavy atom. The molecule has 2 aliphatic heterocycles. The van der Waals surface area contributed by atoms with Crippen LogP contribution in [0.1, 0.15) is 24.8 Å². The molecule has 0 unspecified atom stereocenters. The number of nitrogens with zero attached hydrogens (tertiary/aromatic N) is 2. The summed E-state index contributed by atoms with van der Waals surface area (Å²) in [6, 6.07) is 7.96. The summed E-state index contributed by atoms with van der Waals surface area (Å²) >= 11 is 0. The second kappa shape index (κ2) is 8.06. The molecule has 4 amide bonds. The maximum atomic E-state index is 12.4. The van der Waals surface area contributed by atoms with Crippen LogP contribution in [-0.2, 0) is 25.6 Å². The second-order valence-electron chi connectivity index (χ2n) is 7.67. The van der Waals surface area contributed by atoms with Crippen molar-refractivity contribution >= 4 is 29.3 Å². The number of carbonyl (C=O) groups is 4. The highest BCUT2D eigenvalue weighted by molar-refractivity contribution is 6.07. The van der Waals surface area contributed by atoms with E-state index in [-0.39, 0.29) is 42.6 Å². The standard InChI is InChI=1S/C21H24N4O4/c26-18(12-24-11-5-7-14-6-1-4-10-17(14)24)22-23-19(27)13-25-20(28)15-8-2-3-9-16(15)21(25)29/h1-4,6,10,15-16H,5,7-9,11-13H2,(H,22,26)(H,23,27)/t15-,16-/m0/s1. The minimum Gasteiger partial charge on any atom is -0.362 e. The molecule has 29 heavy (non-hydrogen) atoms. The van der Waals surface area contributed by atoms with E-state index in [9.17, 15) is 19.2 Å². The number of hydrogen-bond donors (Lipinski definition) is 2. The molecule has 1 aromatic carbocycles. The number of nitrogens with one attached hydrogen (secondary N) is 2. The number of amides is 4. The van der Waals surface area contributed by atoms with Gasteiger partial charge in [-0.1, -0.05) is 30.4 Å². The normalized spacial score (nSPS) is 22.9. The summed E-state index contributed by atoms with van der Waals surface area (Å²) in [5, 5.41) is 0.